The van der Waals surface area contributed by atoms with Crippen molar-refractivity contribution in [3.63, 3.8) is 0 Å². The number of allylic oxidation sites excluding steroid dienone is 2. The molecule has 0 amide bonds. The Balaban J connectivity index is 3.71. The van der Waals surface area contributed by atoms with Crippen LogP contribution in [0.25, 0.3) is 0 Å². The van der Waals surface area contributed by atoms with E-state index in [0.29, 0.717) is 0 Å². The molecule has 0 radical (unpaired) electrons. The number of hydrogen-bond acceptors (Lipinski definition) is 1. The standard InChI is InChI=1S/C7H12N2/c1-4-7(2)5-9-6-8-3/h4-6H,1-3H3/b7-4-,8-6-,9-5-. The van der Waals surface area contributed by atoms with Crippen molar-refractivity contribution < 1.29 is 0 Å². The molecule has 0 aromatic heterocycles. The second-order valence-corrected chi connectivity index (χ2v) is 1.68. The zero-order chi connectivity index (χ0) is 7.11. The Bertz CT molecular complexity index is 143. The van der Waals surface area contributed by atoms with Crippen LogP contribution >= 0.6 is 0 Å². The maximum absolute atomic E-state index is 3.88. The number of hydrogen-bond donors (Lipinski definition) is 0. The van der Waals surface area contributed by atoms with Crippen LogP contribution in [0.15, 0.2) is 21.6 Å². The van der Waals surface area contributed by atoms with Crippen LogP contribution in [-0.4, -0.2) is 19.6 Å². The lowest BCUT2D eigenvalue weighted by molar-refractivity contribution is 1.44. The lowest BCUT2D eigenvalue weighted by atomic mass is 10.3. The predicted molar refractivity (Wildman–Crippen MR) is 42.3 cm³/mol. The van der Waals surface area contributed by atoms with E-state index in [-0.39, 0.29) is 0 Å². The van der Waals surface area contributed by atoms with E-state index >= 15 is 0 Å². The molecule has 0 heterocycles. The van der Waals surface area contributed by atoms with Gasteiger partial charge in [-0.25, -0.2) is 4.99 Å². The average molecular weight is 124 g/mol. The highest BCUT2D eigenvalue weighted by molar-refractivity contribution is 5.84. The van der Waals surface area contributed by atoms with Crippen molar-refractivity contribution in [2.75, 3.05) is 7.05 Å². The van der Waals surface area contributed by atoms with Gasteiger partial charge in [0.25, 0.3) is 0 Å². The Morgan fingerprint density at radius 2 is 2.11 bits per heavy atom. The summed E-state index contributed by atoms with van der Waals surface area (Å²) in [6.07, 6.45) is 5.28. The van der Waals surface area contributed by atoms with Crippen molar-refractivity contribution >= 4 is 12.6 Å². The van der Waals surface area contributed by atoms with Gasteiger partial charge >= 0.3 is 0 Å². The quantitative estimate of drug-likeness (QED) is 0.395. The van der Waals surface area contributed by atoms with Crippen LogP contribution in [0.4, 0.5) is 0 Å². The number of aliphatic imine (C=N–C) groups is 2. The van der Waals surface area contributed by atoms with E-state index in [1.54, 1.807) is 13.3 Å². The zero-order valence-corrected chi connectivity index (χ0v) is 6.13. The minimum Gasteiger partial charge on any atom is -0.277 e. The van der Waals surface area contributed by atoms with Crippen LogP contribution < -0.4 is 0 Å². The highest BCUT2D eigenvalue weighted by atomic mass is 14.8. The molecule has 50 valence electrons. The minimum atomic E-state index is 1.15. The molecule has 2 nitrogen and oxygen atoms in total. The summed E-state index contributed by atoms with van der Waals surface area (Å²) in [5.41, 5.74) is 1.15. The minimum absolute atomic E-state index is 1.15. The Kier molecular flexibility index (Phi) is 4.69. The van der Waals surface area contributed by atoms with Gasteiger partial charge in [-0.05, 0) is 19.4 Å². The Hall–Kier alpha value is -0.920. The lowest BCUT2D eigenvalue weighted by Crippen LogP contribution is -1.75. The second-order valence-electron chi connectivity index (χ2n) is 1.68. The van der Waals surface area contributed by atoms with Crippen LogP contribution in [0.5, 0.6) is 0 Å². The Morgan fingerprint density at radius 3 is 2.56 bits per heavy atom. The summed E-state index contributed by atoms with van der Waals surface area (Å²) in [6, 6.07) is 0. The Morgan fingerprint density at radius 1 is 1.44 bits per heavy atom. The van der Waals surface area contributed by atoms with Crippen molar-refractivity contribution in [1.29, 1.82) is 0 Å². The summed E-state index contributed by atoms with van der Waals surface area (Å²) >= 11 is 0. The van der Waals surface area contributed by atoms with Gasteiger partial charge in [-0.2, -0.15) is 0 Å². The highest BCUT2D eigenvalue weighted by Crippen LogP contribution is 1.83. The van der Waals surface area contributed by atoms with Crippen molar-refractivity contribution in [3.05, 3.63) is 11.6 Å². The third-order valence-electron chi connectivity index (χ3n) is 0.916. The Labute approximate surface area is 56.0 Å². The predicted octanol–water partition coefficient (Wildman–Crippen LogP) is 1.68. The van der Waals surface area contributed by atoms with Crippen LogP contribution in [0, 0.1) is 0 Å². The van der Waals surface area contributed by atoms with Crippen molar-refractivity contribution in [1.82, 2.24) is 0 Å². The molecule has 0 N–H and O–H groups in total. The molecular formula is C7H12N2. The average Bonchev–Trinajstić information content (AvgIpc) is 1.89. The summed E-state index contributed by atoms with van der Waals surface area (Å²) in [6.45, 7) is 3.97. The molecule has 0 aliphatic carbocycles. The van der Waals surface area contributed by atoms with Gasteiger partial charge in [-0.3, -0.25) is 4.99 Å². The van der Waals surface area contributed by atoms with Gasteiger partial charge in [-0.1, -0.05) is 6.08 Å². The molecule has 0 aromatic carbocycles. The molecule has 0 unspecified atom stereocenters. The van der Waals surface area contributed by atoms with E-state index in [1.165, 1.54) is 6.34 Å². The molecule has 0 saturated carbocycles. The molecule has 0 aromatic rings. The fraction of sp³-hybridized carbons (Fsp3) is 0.429. The van der Waals surface area contributed by atoms with Gasteiger partial charge in [-0.15, -0.1) is 0 Å². The van der Waals surface area contributed by atoms with Gasteiger partial charge in [0.2, 0.25) is 0 Å². The first-order valence-electron chi connectivity index (χ1n) is 2.88. The van der Waals surface area contributed by atoms with Gasteiger partial charge in [0.15, 0.2) is 0 Å². The van der Waals surface area contributed by atoms with Crippen molar-refractivity contribution in [2.45, 2.75) is 13.8 Å². The molecule has 0 saturated heterocycles. The second kappa shape index (κ2) is 5.22. The number of rotatable bonds is 2. The van der Waals surface area contributed by atoms with Crippen molar-refractivity contribution in [2.24, 2.45) is 9.98 Å². The molecule has 0 spiro atoms. The number of nitrogens with zero attached hydrogens (tertiary/aromatic N) is 2. The van der Waals surface area contributed by atoms with Crippen LogP contribution in [-0.2, 0) is 0 Å². The van der Waals surface area contributed by atoms with Gasteiger partial charge in [0, 0.05) is 13.3 Å². The summed E-state index contributed by atoms with van der Waals surface area (Å²) in [7, 11) is 1.70. The smallest absolute Gasteiger partial charge is 0.109 e. The van der Waals surface area contributed by atoms with E-state index < -0.39 is 0 Å². The van der Waals surface area contributed by atoms with Crippen LogP contribution in [0.1, 0.15) is 13.8 Å². The fourth-order valence-corrected chi connectivity index (χ4v) is 0.292. The van der Waals surface area contributed by atoms with E-state index in [1.807, 2.05) is 19.9 Å². The van der Waals surface area contributed by atoms with E-state index in [9.17, 15) is 0 Å². The lowest BCUT2D eigenvalue weighted by Gasteiger charge is -1.81. The van der Waals surface area contributed by atoms with Crippen LogP contribution in [0.3, 0.4) is 0 Å². The molecule has 0 rings (SSSR count). The maximum atomic E-state index is 3.88. The molecule has 0 bridgehead atoms. The zero-order valence-electron chi connectivity index (χ0n) is 6.13. The molecule has 0 aliphatic heterocycles. The van der Waals surface area contributed by atoms with Gasteiger partial charge in [0.1, 0.15) is 6.34 Å². The van der Waals surface area contributed by atoms with E-state index in [2.05, 4.69) is 9.98 Å². The van der Waals surface area contributed by atoms with Crippen LogP contribution in [0.2, 0.25) is 0 Å². The summed E-state index contributed by atoms with van der Waals surface area (Å²) in [5, 5.41) is 0. The summed E-state index contributed by atoms with van der Waals surface area (Å²) < 4.78 is 0. The SMILES string of the molecule is C\C=C(C)/C=N\C=N/C. The monoisotopic (exact) mass is 124 g/mol. The molecule has 0 fully saturated rings. The molecule has 2 heteroatoms. The molecule has 9 heavy (non-hydrogen) atoms. The third kappa shape index (κ3) is 4.94. The van der Waals surface area contributed by atoms with E-state index in [4.69, 9.17) is 0 Å². The first kappa shape index (κ1) is 8.08. The van der Waals surface area contributed by atoms with Gasteiger partial charge < -0.3 is 0 Å². The molecular weight excluding hydrogens is 112 g/mol. The largest absolute Gasteiger partial charge is 0.277 e. The first-order valence-corrected chi connectivity index (χ1v) is 2.88. The fourth-order valence-electron chi connectivity index (χ4n) is 0.292. The van der Waals surface area contributed by atoms with Crippen molar-refractivity contribution in [3.8, 4) is 0 Å². The van der Waals surface area contributed by atoms with Gasteiger partial charge in [0.05, 0.1) is 0 Å². The first-order chi connectivity index (χ1) is 4.31. The summed E-state index contributed by atoms with van der Waals surface area (Å²) in [4.78, 5) is 7.57. The normalized spacial score (nSPS) is 13.9. The topological polar surface area (TPSA) is 24.7 Å². The van der Waals surface area contributed by atoms with E-state index in [0.717, 1.165) is 5.57 Å². The molecule has 0 aliphatic rings. The highest BCUT2D eigenvalue weighted by Gasteiger charge is 1.73. The molecule has 0 atom stereocenters. The summed E-state index contributed by atoms with van der Waals surface area (Å²) in [5.74, 6) is 0. The maximum Gasteiger partial charge on any atom is 0.109 e. The third-order valence-corrected chi connectivity index (χ3v) is 0.916.